The molecule has 0 aliphatic rings. The van der Waals surface area contributed by atoms with Crippen LogP contribution in [0.4, 0.5) is 0 Å². The molecule has 3 rings (SSSR count). The summed E-state index contributed by atoms with van der Waals surface area (Å²) in [4.78, 5) is 17.0. The lowest BCUT2D eigenvalue weighted by Crippen LogP contribution is -2.38. The fourth-order valence-corrected chi connectivity index (χ4v) is 3.54. The van der Waals surface area contributed by atoms with E-state index in [0.29, 0.717) is 5.69 Å². The number of benzene rings is 1. The van der Waals surface area contributed by atoms with Crippen LogP contribution in [-0.4, -0.2) is 40.6 Å². The molecule has 0 spiro atoms. The van der Waals surface area contributed by atoms with Gasteiger partial charge in [-0.2, -0.15) is 5.10 Å². The summed E-state index contributed by atoms with van der Waals surface area (Å²) in [5.74, 6) is -0.449. The van der Waals surface area contributed by atoms with Crippen molar-refractivity contribution < 1.29 is 13.2 Å². The Hall–Kier alpha value is -3.00. The Kier molecular flexibility index (Phi) is 5.60. The summed E-state index contributed by atoms with van der Waals surface area (Å²) in [6.07, 6.45) is 6.09. The van der Waals surface area contributed by atoms with Gasteiger partial charge in [0.25, 0.3) is 5.91 Å². The minimum atomic E-state index is -3.38. The zero-order chi connectivity index (χ0) is 20.3. The lowest BCUT2D eigenvalue weighted by atomic mass is 10.0. The van der Waals surface area contributed by atoms with Crippen LogP contribution in [0.3, 0.4) is 0 Å². The Bertz CT molecular complexity index is 1060. The van der Waals surface area contributed by atoms with E-state index in [4.69, 9.17) is 0 Å². The molecule has 0 bridgehead atoms. The molecule has 3 aromatic rings. The molecule has 0 saturated carbocycles. The summed E-state index contributed by atoms with van der Waals surface area (Å²) in [6.45, 7) is 3.54. The molecule has 28 heavy (non-hydrogen) atoms. The number of aryl methyl sites for hydroxylation is 1. The van der Waals surface area contributed by atoms with Gasteiger partial charge in [-0.1, -0.05) is 29.8 Å². The average Bonchev–Trinajstić information content (AvgIpc) is 3.20. The molecule has 0 fully saturated rings. The van der Waals surface area contributed by atoms with Crippen LogP contribution in [0, 0.1) is 6.92 Å². The predicted octanol–water partition coefficient (Wildman–Crippen LogP) is 2.48. The number of carbonyl (C=O) groups is 1. The molecule has 0 unspecified atom stereocenters. The Morgan fingerprint density at radius 3 is 2.46 bits per heavy atom. The number of nitrogens with one attached hydrogen (secondary N) is 1. The van der Waals surface area contributed by atoms with Gasteiger partial charge in [0.15, 0.2) is 9.84 Å². The van der Waals surface area contributed by atoms with Gasteiger partial charge in [-0.05, 0) is 37.6 Å². The molecule has 1 N–H and O–H groups in total. The Balaban J connectivity index is 1.91. The summed E-state index contributed by atoms with van der Waals surface area (Å²) in [6, 6.07) is 11.9. The van der Waals surface area contributed by atoms with Crippen molar-refractivity contribution in [1.82, 2.24) is 20.1 Å². The largest absolute Gasteiger partial charge is 0.343 e. The number of nitrogens with zero attached hydrogens (tertiary/aromatic N) is 3. The molecule has 0 aliphatic carbocycles. The van der Waals surface area contributed by atoms with E-state index in [-0.39, 0.29) is 5.69 Å². The number of sulfone groups is 1. The predicted molar refractivity (Wildman–Crippen MR) is 107 cm³/mol. The molecule has 146 valence electrons. The van der Waals surface area contributed by atoms with Gasteiger partial charge >= 0.3 is 0 Å². The Labute approximate surface area is 164 Å². The molecule has 1 amide bonds. The second-order valence-corrected chi connectivity index (χ2v) is 9.15. The van der Waals surface area contributed by atoms with Crippen molar-refractivity contribution in [3.8, 4) is 5.69 Å². The van der Waals surface area contributed by atoms with Crippen molar-refractivity contribution in [2.75, 3.05) is 6.26 Å². The number of hydrogen-bond acceptors (Lipinski definition) is 5. The summed E-state index contributed by atoms with van der Waals surface area (Å²) in [7, 11) is -3.38. The SMILES string of the molecule is Cc1ccc([C@H](NC(=O)c2cc(-n3cccn3)ccn2)[C@@H](C)S(C)(=O)=O)cc1. The van der Waals surface area contributed by atoms with Crippen LogP contribution in [0.1, 0.15) is 34.6 Å². The van der Waals surface area contributed by atoms with Crippen LogP contribution in [0.15, 0.2) is 61.1 Å². The fourth-order valence-electron chi connectivity index (χ4n) is 2.82. The third-order valence-electron chi connectivity index (χ3n) is 4.61. The maximum Gasteiger partial charge on any atom is 0.270 e. The zero-order valence-corrected chi connectivity index (χ0v) is 16.7. The van der Waals surface area contributed by atoms with E-state index < -0.39 is 27.0 Å². The number of rotatable bonds is 6. The highest BCUT2D eigenvalue weighted by molar-refractivity contribution is 7.91. The first kappa shape index (κ1) is 19.8. The maximum absolute atomic E-state index is 12.9. The van der Waals surface area contributed by atoms with Crippen molar-refractivity contribution >= 4 is 15.7 Å². The quantitative estimate of drug-likeness (QED) is 0.688. The molecule has 8 heteroatoms. The zero-order valence-electron chi connectivity index (χ0n) is 15.9. The Morgan fingerprint density at radius 2 is 1.86 bits per heavy atom. The first-order chi connectivity index (χ1) is 13.3. The van der Waals surface area contributed by atoms with Gasteiger partial charge in [0.05, 0.1) is 17.0 Å². The van der Waals surface area contributed by atoms with Gasteiger partial charge in [0, 0.05) is 24.8 Å². The number of hydrogen-bond donors (Lipinski definition) is 1. The summed E-state index contributed by atoms with van der Waals surface area (Å²) in [5.41, 5.74) is 2.65. The smallest absolute Gasteiger partial charge is 0.270 e. The number of aromatic nitrogens is 3. The van der Waals surface area contributed by atoms with Crippen molar-refractivity contribution in [3.63, 3.8) is 0 Å². The molecule has 0 saturated heterocycles. The highest BCUT2D eigenvalue weighted by atomic mass is 32.2. The van der Waals surface area contributed by atoms with Gasteiger partial charge in [-0.15, -0.1) is 0 Å². The number of carbonyl (C=O) groups excluding carboxylic acids is 1. The van der Waals surface area contributed by atoms with Gasteiger partial charge in [-0.3, -0.25) is 9.78 Å². The van der Waals surface area contributed by atoms with Crippen molar-refractivity contribution in [2.45, 2.75) is 25.1 Å². The van der Waals surface area contributed by atoms with Crippen molar-refractivity contribution in [3.05, 3.63) is 77.9 Å². The normalized spacial score (nSPS) is 13.7. The second kappa shape index (κ2) is 7.93. The standard InChI is InChI=1S/C20H22N4O3S/c1-14-5-7-16(8-6-14)19(15(2)28(3,26)27)23-20(25)18-13-17(9-11-21-18)24-12-4-10-22-24/h4-13,15,19H,1-3H3,(H,23,25)/t15-,19-/m1/s1. The maximum atomic E-state index is 12.9. The van der Waals surface area contributed by atoms with E-state index in [1.165, 1.54) is 12.5 Å². The van der Waals surface area contributed by atoms with Crippen LogP contribution >= 0.6 is 0 Å². The third-order valence-corrected chi connectivity index (χ3v) is 6.24. The lowest BCUT2D eigenvalue weighted by molar-refractivity contribution is 0.0931. The van der Waals surface area contributed by atoms with E-state index >= 15 is 0 Å². The molecule has 7 nitrogen and oxygen atoms in total. The number of amides is 1. The van der Waals surface area contributed by atoms with E-state index in [1.807, 2.05) is 31.2 Å². The van der Waals surface area contributed by atoms with E-state index in [0.717, 1.165) is 11.1 Å². The van der Waals surface area contributed by atoms with Crippen molar-refractivity contribution in [1.29, 1.82) is 0 Å². The molecule has 2 atom stereocenters. The molecule has 0 aliphatic heterocycles. The molecule has 1 aromatic carbocycles. The van der Waals surface area contributed by atoms with Crippen LogP contribution < -0.4 is 5.32 Å². The van der Waals surface area contributed by atoms with E-state index in [2.05, 4.69) is 15.4 Å². The third kappa shape index (κ3) is 4.45. The lowest BCUT2D eigenvalue weighted by Gasteiger charge is -2.24. The van der Waals surface area contributed by atoms with Gasteiger partial charge in [0.1, 0.15) is 5.69 Å². The summed E-state index contributed by atoms with van der Waals surface area (Å²) < 4.78 is 25.9. The van der Waals surface area contributed by atoms with Crippen LogP contribution in [-0.2, 0) is 9.84 Å². The minimum absolute atomic E-state index is 0.186. The topological polar surface area (TPSA) is 93.9 Å². The van der Waals surface area contributed by atoms with Crippen LogP contribution in [0.5, 0.6) is 0 Å². The summed E-state index contributed by atoms with van der Waals surface area (Å²) in [5, 5.41) is 6.18. The first-order valence-electron chi connectivity index (χ1n) is 8.78. The summed E-state index contributed by atoms with van der Waals surface area (Å²) >= 11 is 0. The van der Waals surface area contributed by atoms with E-state index in [1.54, 1.807) is 42.2 Å². The molecular formula is C20H22N4O3S. The monoisotopic (exact) mass is 398 g/mol. The van der Waals surface area contributed by atoms with Crippen molar-refractivity contribution in [2.24, 2.45) is 0 Å². The first-order valence-corrected chi connectivity index (χ1v) is 10.7. The van der Waals surface area contributed by atoms with Crippen LogP contribution in [0.2, 0.25) is 0 Å². The molecule has 0 radical (unpaired) electrons. The van der Waals surface area contributed by atoms with Gasteiger partial charge < -0.3 is 5.32 Å². The van der Waals surface area contributed by atoms with Gasteiger partial charge in [-0.25, -0.2) is 13.1 Å². The Morgan fingerprint density at radius 1 is 1.14 bits per heavy atom. The molecular weight excluding hydrogens is 376 g/mol. The fraction of sp³-hybridized carbons (Fsp3) is 0.250. The van der Waals surface area contributed by atoms with Crippen LogP contribution in [0.25, 0.3) is 5.69 Å². The number of pyridine rings is 1. The second-order valence-electron chi connectivity index (χ2n) is 6.75. The van der Waals surface area contributed by atoms with E-state index in [9.17, 15) is 13.2 Å². The average molecular weight is 398 g/mol. The van der Waals surface area contributed by atoms with Gasteiger partial charge in [0.2, 0.25) is 0 Å². The highest BCUT2D eigenvalue weighted by Gasteiger charge is 2.29. The molecule has 2 aromatic heterocycles. The highest BCUT2D eigenvalue weighted by Crippen LogP contribution is 2.23. The minimum Gasteiger partial charge on any atom is -0.343 e. The molecule has 2 heterocycles.